The normalized spacial score (nSPS) is 10.3. The molecule has 0 saturated carbocycles. The number of amides is 1. The van der Waals surface area contributed by atoms with Gasteiger partial charge >= 0.3 is 0 Å². The fourth-order valence-corrected chi connectivity index (χ4v) is 1.88. The maximum absolute atomic E-state index is 12.0. The smallest absolute Gasteiger partial charge is 0.251 e. The first-order chi connectivity index (χ1) is 10.3. The Bertz CT molecular complexity index is 726. The van der Waals surface area contributed by atoms with Crippen molar-refractivity contribution in [3.63, 3.8) is 0 Å². The van der Waals surface area contributed by atoms with Gasteiger partial charge in [0.15, 0.2) is 5.76 Å². The van der Waals surface area contributed by atoms with Gasteiger partial charge in [-0.3, -0.25) is 14.8 Å². The fraction of sp³-hybridized carbons (Fsp3) is 0.0667. The summed E-state index contributed by atoms with van der Waals surface area (Å²) in [6.45, 7) is 0.269. The average Bonchev–Trinajstić information content (AvgIpc) is 3.08. The van der Waals surface area contributed by atoms with E-state index in [0.717, 1.165) is 0 Å². The van der Waals surface area contributed by atoms with E-state index >= 15 is 0 Å². The highest BCUT2D eigenvalue weighted by atomic mass is 16.3. The summed E-state index contributed by atoms with van der Waals surface area (Å²) in [5, 5.41) is 2.81. The summed E-state index contributed by atoms with van der Waals surface area (Å²) in [5.74, 6) is 0.435. The van der Waals surface area contributed by atoms with Crippen LogP contribution in [0.5, 0.6) is 0 Å². The van der Waals surface area contributed by atoms with Crippen molar-refractivity contribution in [3.8, 4) is 11.5 Å². The summed E-state index contributed by atoms with van der Waals surface area (Å²) in [4.78, 5) is 24.4. The lowest BCUT2D eigenvalue weighted by atomic mass is 10.2. The molecule has 0 aromatic carbocycles. The quantitative estimate of drug-likeness (QED) is 0.791. The van der Waals surface area contributed by atoms with Gasteiger partial charge in [-0.15, -0.1) is 0 Å². The number of hydrogen-bond donors (Lipinski definition) is 1. The van der Waals surface area contributed by atoms with Gasteiger partial charge in [-0.1, -0.05) is 0 Å². The summed E-state index contributed by atoms with van der Waals surface area (Å²) < 4.78 is 5.33. The first-order valence-electron chi connectivity index (χ1n) is 6.36. The molecule has 0 aliphatic rings. The van der Waals surface area contributed by atoms with Crippen LogP contribution in [0.1, 0.15) is 16.1 Å². The van der Waals surface area contributed by atoms with Gasteiger partial charge in [0.2, 0.25) is 0 Å². The minimum absolute atomic E-state index is 0.187. The molecule has 0 spiro atoms. The van der Waals surface area contributed by atoms with E-state index < -0.39 is 0 Å². The van der Waals surface area contributed by atoms with E-state index in [0.29, 0.717) is 22.7 Å². The lowest BCUT2D eigenvalue weighted by Gasteiger charge is -2.07. The van der Waals surface area contributed by atoms with E-state index in [1.807, 2.05) is 0 Å². The van der Waals surface area contributed by atoms with E-state index in [2.05, 4.69) is 20.3 Å². The van der Waals surface area contributed by atoms with Crippen molar-refractivity contribution in [2.24, 2.45) is 0 Å². The predicted octanol–water partition coefficient (Wildman–Crippen LogP) is 2.06. The van der Waals surface area contributed by atoms with Gasteiger partial charge in [0.05, 0.1) is 18.5 Å². The molecule has 0 saturated heterocycles. The van der Waals surface area contributed by atoms with Gasteiger partial charge in [-0.05, 0) is 24.3 Å². The Morgan fingerprint density at radius 1 is 1.10 bits per heavy atom. The van der Waals surface area contributed by atoms with Crippen molar-refractivity contribution in [1.82, 2.24) is 20.3 Å². The average molecular weight is 280 g/mol. The van der Waals surface area contributed by atoms with Crippen LogP contribution in [0.15, 0.2) is 59.7 Å². The highest BCUT2D eigenvalue weighted by Gasteiger charge is 2.12. The number of aromatic nitrogens is 3. The van der Waals surface area contributed by atoms with E-state index in [4.69, 9.17) is 4.42 Å². The Morgan fingerprint density at radius 2 is 1.90 bits per heavy atom. The molecule has 3 heterocycles. The lowest BCUT2D eigenvalue weighted by molar-refractivity contribution is 0.0950. The second-order valence-electron chi connectivity index (χ2n) is 4.25. The highest BCUT2D eigenvalue weighted by Crippen LogP contribution is 2.19. The third-order valence-electron chi connectivity index (χ3n) is 2.89. The van der Waals surface area contributed by atoms with Gasteiger partial charge in [-0.25, -0.2) is 4.98 Å². The Hall–Kier alpha value is -3.02. The summed E-state index contributed by atoms with van der Waals surface area (Å²) in [6.07, 6.45) is 7.90. The SMILES string of the molecule is O=C(NCc1nccnc1-c1ccco1)c1ccncc1. The Balaban J connectivity index is 1.76. The van der Waals surface area contributed by atoms with Crippen LogP contribution in [0.3, 0.4) is 0 Å². The van der Waals surface area contributed by atoms with Crippen LogP contribution >= 0.6 is 0 Å². The van der Waals surface area contributed by atoms with Crippen LogP contribution in [0.2, 0.25) is 0 Å². The molecule has 3 aromatic heterocycles. The van der Waals surface area contributed by atoms with Crippen molar-refractivity contribution < 1.29 is 9.21 Å². The second-order valence-corrected chi connectivity index (χ2v) is 4.25. The van der Waals surface area contributed by atoms with Crippen molar-refractivity contribution >= 4 is 5.91 Å². The van der Waals surface area contributed by atoms with Gasteiger partial charge in [0.25, 0.3) is 5.91 Å². The van der Waals surface area contributed by atoms with Crippen LogP contribution in [0, 0.1) is 0 Å². The van der Waals surface area contributed by atoms with Crippen LogP contribution in [0.4, 0.5) is 0 Å². The Morgan fingerprint density at radius 3 is 2.67 bits per heavy atom. The van der Waals surface area contributed by atoms with E-state index in [-0.39, 0.29) is 12.5 Å². The first kappa shape index (κ1) is 13.0. The molecular formula is C15H12N4O2. The molecular weight excluding hydrogens is 268 g/mol. The van der Waals surface area contributed by atoms with Gasteiger partial charge in [-0.2, -0.15) is 0 Å². The summed E-state index contributed by atoms with van der Waals surface area (Å²) in [7, 11) is 0. The van der Waals surface area contributed by atoms with Crippen LogP contribution in [-0.2, 0) is 6.54 Å². The number of hydrogen-bond acceptors (Lipinski definition) is 5. The summed E-state index contributed by atoms with van der Waals surface area (Å²) >= 11 is 0. The standard InChI is InChI=1S/C15H12N4O2/c20-15(11-3-5-16-6-4-11)19-10-12-14(18-8-7-17-12)13-2-1-9-21-13/h1-9H,10H2,(H,19,20). The highest BCUT2D eigenvalue weighted by molar-refractivity contribution is 5.93. The molecule has 1 amide bonds. The second kappa shape index (κ2) is 5.96. The number of carbonyl (C=O) groups excluding carboxylic acids is 1. The lowest BCUT2D eigenvalue weighted by Crippen LogP contribution is -2.23. The maximum atomic E-state index is 12.0. The molecule has 21 heavy (non-hydrogen) atoms. The van der Waals surface area contributed by atoms with Crippen molar-refractivity contribution in [2.75, 3.05) is 0 Å². The molecule has 104 valence electrons. The number of furan rings is 1. The molecule has 1 N–H and O–H groups in total. The Labute approximate surface area is 120 Å². The zero-order chi connectivity index (χ0) is 14.5. The van der Waals surface area contributed by atoms with E-state index in [1.165, 1.54) is 0 Å². The molecule has 0 atom stereocenters. The molecule has 0 aliphatic carbocycles. The summed E-state index contributed by atoms with van der Waals surface area (Å²) in [6, 6.07) is 6.89. The molecule has 0 fully saturated rings. The van der Waals surface area contributed by atoms with Crippen LogP contribution in [0.25, 0.3) is 11.5 Å². The molecule has 6 heteroatoms. The monoisotopic (exact) mass is 280 g/mol. The number of rotatable bonds is 4. The third-order valence-corrected chi connectivity index (χ3v) is 2.89. The molecule has 3 rings (SSSR count). The first-order valence-corrected chi connectivity index (χ1v) is 6.36. The summed E-state index contributed by atoms with van der Waals surface area (Å²) in [5.41, 5.74) is 1.82. The molecule has 6 nitrogen and oxygen atoms in total. The topological polar surface area (TPSA) is 80.9 Å². The predicted molar refractivity (Wildman–Crippen MR) is 75.1 cm³/mol. The third kappa shape index (κ3) is 2.94. The number of nitrogens with zero attached hydrogens (tertiary/aromatic N) is 3. The van der Waals surface area contributed by atoms with E-state index in [9.17, 15) is 4.79 Å². The van der Waals surface area contributed by atoms with Crippen molar-refractivity contribution in [2.45, 2.75) is 6.54 Å². The van der Waals surface area contributed by atoms with Gasteiger partial charge in [0, 0.05) is 30.4 Å². The van der Waals surface area contributed by atoms with E-state index in [1.54, 1.807) is 55.3 Å². The molecule has 0 bridgehead atoms. The maximum Gasteiger partial charge on any atom is 0.251 e. The zero-order valence-corrected chi connectivity index (χ0v) is 11.1. The number of nitrogens with one attached hydrogen (secondary N) is 1. The molecule has 0 radical (unpaired) electrons. The Kier molecular flexibility index (Phi) is 3.68. The van der Waals surface area contributed by atoms with Crippen molar-refractivity contribution in [3.05, 3.63) is 66.6 Å². The molecule has 0 aliphatic heterocycles. The number of carbonyl (C=O) groups is 1. The van der Waals surface area contributed by atoms with Crippen molar-refractivity contribution in [1.29, 1.82) is 0 Å². The fourth-order valence-electron chi connectivity index (χ4n) is 1.88. The minimum atomic E-state index is -0.187. The molecule has 0 unspecified atom stereocenters. The van der Waals surface area contributed by atoms with Gasteiger partial charge < -0.3 is 9.73 Å². The number of pyridine rings is 1. The van der Waals surface area contributed by atoms with Crippen LogP contribution in [-0.4, -0.2) is 20.9 Å². The zero-order valence-electron chi connectivity index (χ0n) is 11.1. The van der Waals surface area contributed by atoms with Gasteiger partial charge in [0.1, 0.15) is 5.69 Å². The largest absolute Gasteiger partial charge is 0.463 e. The molecule has 3 aromatic rings. The minimum Gasteiger partial charge on any atom is -0.463 e. The van der Waals surface area contributed by atoms with Crippen LogP contribution < -0.4 is 5.32 Å².